The van der Waals surface area contributed by atoms with Gasteiger partial charge < -0.3 is 5.32 Å². The Hall–Kier alpha value is -1.35. The van der Waals surface area contributed by atoms with Crippen molar-refractivity contribution in [1.82, 2.24) is 0 Å². The fraction of sp³-hybridized carbons (Fsp3) is 0.250. The Kier molecular flexibility index (Phi) is 4.59. The molecule has 0 saturated heterocycles. The van der Waals surface area contributed by atoms with Crippen molar-refractivity contribution in [3.05, 3.63) is 63.9 Å². The molecule has 2 aromatic carbocycles. The Balaban J connectivity index is 2.23. The first-order valence-electron chi connectivity index (χ1n) is 6.38. The topological polar surface area (TPSA) is 12.0 Å². The number of nitrogens with one attached hydrogen (secondary N) is 1. The molecule has 0 saturated carbocycles. The van der Waals surface area contributed by atoms with E-state index in [1.54, 1.807) is 0 Å². The van der Waals surface area contributed by atoms with Crippen LogP contribution in [-0.4, -0.2) is 0 Å². The number of rotatable bonds is 4. The molecule has 2 rings (SSSR count). The predicted octanol–water partition coefficient (Wildman–Crippen LogP) is 5.46. The third-order valence-electron chi connectivity index (χ3n) is 3.21. The van der Waals surface area contributed by atoms with Gasteiger partial charge in [-0.1, -0.05) is 41.1 Å². The monoisotopic (exact) mass is 321 g/mol. The van der Waals surface area contributed by atoms with Crippen LogP contribution in [0.1, 0.15) is 30.5 Å². The first-order valence-corrected chi connectivity index (χ1v) is 7.17. The summed E-state index contributed by atoms with van der Waals surface area (Å²) in [5, 5.41) is 3.52. The molecule has 0 amide bonds. The van der Waals surface area contributed by atoms with E-state index in [2.05, 4.69) is 47.2 Å². The molecule has 0 aliphatic heterocycles. The quantitative estimate of drug-likeness (QED) is 0.788. The van der Waals surface area contributed by atoms with E-state index in [9.17, 15) is 4.39 Å². The maximum absolute atomic E-state index is 13.0. The lowest BCUT2D eigenvalue weighted by Crippen LogP contribution is -2.10. The lowest BCUT2D eigenvalue weighted by Gasteiger charge is -2.20. The highest BCUT2D eigenvalue weighted by Crippen LogP contribution is 2.27. The normalized spacial score (nSPS) is 12.2. The van der Waals surface area contributed by atoms with Gasteiger partial charge in [-0.25, -0.2) is 4.39 Å². The molecule has 0 aromatic heterocycles. The lowest BCUT2D eigenvalue weighted by molar-refractivity contribution is 0.625. The van der Waals surface area contributed by atoms with Crippen LogP contribution in [0.3, 0.4) is 0 Å². The summed E-state index contributed by atoms with van der Waals surface area (Å²) in [6.45, 7) is 4.19. The SMILES string of the molecule is CCC(Nc1cc(Br)ccc1C)c1ccc(F)cc1. The molecule has 0 radical (unpaired) electrons. The molecular formula is C16H17BrFN. The number of anilines is 1. The molecule has 0 heterocycles. The summed E-state index contributed by atoms with van der Waals surface area (Å²) in [4.78, 5) is 0. The first kappa shape index (κ1) is 14.1. The van der Waals surface area contributed by atoms with Crippen molar-refractivity contribution in [3.8, 4) is 0 Å². The molecule has 19 heavy (non-hydrogen) atoms. The molecule has 0 bridgehead atoms. The van der Waals surface area contributed by atoms with Gasteiger partial charge in [0, 0.05) is 10.2 Å². The van der Waals surface area contributed by atoms with Gasteiger partial charge in [-0.15, -0.1) is 0 Å². The van der Waals surface area contributed by atoms with Gasteiger partial charge in [-0.3, -0.25) is 0 Å². The second kappa shape index (κ2) is 6.20. The Bertz CT molecular complexity index is 551. The molecule has 0 spiro atoms. The fourth-order valence-corrected chi connectivity index (χ4v) is 2.41. The fourth-order valence-electron chi connectivity index (χ4n) is 2.05. The highest BCUT2D eigenvalue weighted by Gasteiger charge is 2.10. The minimum Gasteiger partial charge on any atom is -0.378 e. The van der Waals surface area contributed by atoms with Crippen LogP contribution in [0.4, 0.5) is 10.1 Å². The van der Waals surface area contributed by atoms with Crippen molar-refractivity contribution in [2.45, 2.75) is 26.3 Å². The maximum atomic E-state index is 13.0. The zero-order valence-electron chi connectivity index (χ0n) is 11.1. The Morgan fingerprint density at radius 2 is 1.84 bits per heavy atom. The van der Waals surface area contributed by atoms with Gasteiger partial charge in [-0.2, -0.15) is 0 Å². The molecule has 1 N–H and O–H groups in total. The summed E-state index contributed by atoms with van der Waals surface area (Å²) in [7, 11) is 0. The van der Waals surface area contributed by atoms with Crippen LogP contribution in [0.2, 0.25) is 0 Å². The summed E-state index contributed by atoms with van der Waals surface area (Å²) >= 11 is 3.48. The van der Waals surface area contributed by atoms with Gasteiger partial charge in [0.25, 0.3) is 0 Å². The van der Waals surface area contributed by atoms with Crippen molar-refractivity contribution < 1.29 is 4.39 Å². The molecule has 2 aromatic rings. The number of aryl methyl sites for hydroxylation is 1. The van der Waals surface area contributed by atoms with Crippen LogP contribution in [0.25, 0.3) is 0 Å². The van der Waals surface area contributed by atoms with Crippen LogP contribution < -0.4 is 5.32 Å². The largest absolute Gasteiger partial charge is 0.378 e. The van der Waals surface area contributed by atoms with Crippen LogP contribution in [0, 0.1) is 12.7 Å². The van der Waals surface area contributed by atoms with Gasteiger partial charge >= 0.3 is 0 Å². The summed E-state index contributed by atoms with van der Waals surface area (Å²) in [5.41, 5.74) is 3.40. The Morgan fingerprint density at radius 1 is 1.16 bits per heavy atom. The van der Waals surface area contributed by atoms with Crippen molar-refractivity contribution in [3.63, 3.8) is 0 Å². The second-order valence-electron chi connectivity index (χ2n) is 4.62. The minimum atomic E-state index is -0.197. The summed E-state index contributed by atoms with van der Waals surface area (Å²) in [5.74, 6) is -0.197. The van der Waals surface area contributed by atoms with Crippen molar-refractivity contribution in [1.29, 1.82) is 0 Å². The Morgan fingerprint density at radius 3 is 2.47 bits per heavy atom. The smallest absolute Gasteiger partial charge is 0.123 e. The standard InChI is InChI=1S/C16H17BrFN/c1-3-15(12-5-8-14(18)9-6-12)19-16-10-13(17)7-4-11(16)2/h4-10,15,19H,3H2,1-2H3. The zero-order valence-corrected chi connectivity index (χ0v) is 12.7. The molecule has 0 aliphatic carbocycles. The number of benzene rings is 2. The van der Waals surface area contributed by atoms with Crippen LogP contribution in [0.5, 0.6) is 0 Å². The van der Waals surface area contributed by atoms with E-state index >= 15 is 0 Å². The highest BCUT2D eigenvalue weighted by atomic mass is 79.9. The van der Waals surface area contributed by atoms with Gasteiger partial charge in [0.2, 0.25) is 0 Å². The predicted molar refractivity (Wildman–Crippen MR) is 81.9 cm³/mol. The van der Waals surface area contributed by atoms with Crippen LogP contribution in [-0.2, 0) is 0 Å². The molecule has 0 aliphatic rings. The molecule has 100 valence electrons. The van der Waals surface area contributed by atoms with Gasteiger partial charge in [0.15, 0.2) is 0 Å². The van der Waals surface area contributed by atoms with E-state index in [4.69, 9.17) is 0 Å². The molecule has 1 unspecified atom stereocenters. The maximum Gasteiger partial charge on any atom is 0.123 e. The van der Waals surface area contributed by atoms with E-state index in [-0.39, 0.29) is 11.9 Å². The molecule has 3 heteroatoms. The lowest BCUT2D eigenvalue weighted by atomic mass is 10.0. The molecular weight excluding hydrogens is 305 g/mol. The summed E-state index contributed by atoms with van der Waals surface area (Å²) in [6.07, 6.45) is 0.942. The van der Waals surface area contributed by atoms with E-state index < -0.39 is 0 Å². The van der Waals surface area contributed by atoms with E-state index in [0.717, 1.165) is 22.1 Å². The van der Waals surface area contributed by atoms with Crippen molar-refractivity contribution in [2.75, 3.05) is 5.32 Å². The molecule has 0 fully saturated rings. The molecule has 1 nitrogen and oxygen atoms in total. The van der Waals surface area contributed by atoms with Crippen LogP contribution in [0.15, 0.2) is 46.9 Å². The van der Waals surface area contributed by atoms with Gasteiger partial charge in [0.1, 0.15) is 5.82 Å². The Labute approximate surface area is 122 Å². The first-order chi connectivity index (χ1) is 9.10. The van der Waals surface area contributed by atoms with E-state index in [1.807, 2.05) is 18.2 Å². The summed E-state index contributed by atoms with van der Waals surface area (Å²) < 4.78 is 14.0. The second-order valence-corrected chi connectivity index (χ2v) is 5.53. The number of halogens is 2. The minimum absolute atomic E-state index is 0.189. The molecule has 1 atom stereocenters. The van der Waals surface area contributed by atoms with Crippen molar-refractivity contribution >= 4 is 21.6 Å². The third-order valence-corrected chi connectivity index (χ3v) is 3.70. The van der Waals surface area contributed by atoms with Gasteiger partial charge in [0.05, 0.1) is 6.04 Å². The van der Waals surface area contributed by atoms with Crippen molar-refractivity contribution in [2.24, 2.45) is 0 Å². The zero-order chi connectivity index (χ0) is 13.8. The van der Waals surface area contributed by atoms with Crippen LogP contribution >= 0.6 is 15.9 Å². The highest BCUT2D eigenvalue weighted by molar-refractivity contribution is 9.10. The summed E-state index contributed by atoms with van der Waals surface area (Å²) in [6, 6.07) is 13.0. The number of hydrogen-bond donors (Lipinski definition) is 1. The average molecular weight is 322 g/mol. The van der Waals surface area contributed by atoms with Gasteiger partial charge in [-0.05, 0) is 48.7 Å². The number of hydrogen-bond acceptors (Lipinski definition) is 1. The average Bonchev–Trinajstić information content (AvgIpc) is 2.41. The van der Waals surface area contributed by atoms with E-state index in [0.29, 0.717) is 0 Å². The third kappa shape index (κ3) is 3.57. The van der Waals surface area contributed by atoms with E-state index in [1.165, 1.54) is 17.7 Å².